The molecular formula is C14H16N8O2. The van der Waals surface area contributed by atoms with Gasteiger partial charge in [-0.05, 0) is 0 Å². The van der Waals surface area contributed by atoms with Crippen LogP contribution in [0.3, 0.4) is 0 Å². The molecule has 10 nitrogen and oxygen atoms in total. The summed E-state index contributed by atoms with van der Waals surface area (Å²) in [5.74, 6) is 1.24. The Balaban J connectivity index is 1.87. The van der Waals surface area contributed by atoms with E-state index >= 15 is 0 Å². The van der Waals surface area contributed by atoms with Crippen LogP contribution in [0.2, 0.25) is 0 Å². The van der Waals surface area contributed by atoms with Crippen molar-refractivity contribution in [2.75, 3.05) is 36.9 Å². The predicted molar refractivity (Wildman–Crippen MR) is 85.2 cm³/mol. The third-order valence-corrected chi connectivity index (χ3v) is 3.77. The first kappa shape index (κ1) is 14.7. The van der Waals surface area contributed by atoms with Crippen LogP contribution in [0.15, 0.2) is 18.6 Å². The molecule has 1 fully saturated rings. The van der Waals surface area contributed by atoms with Crippen molar-refractivity contribution in [2.45, 2.75) is 6.61 Å². The zero-order valence-electron chi connectivity index (χ0n) is 12.8. The van der Waals surface area contributed by atoms with Gasteiger partial charge in [0.1, 0.15) is 6.61 Å². The van der Waals surface area contributed by atoms with Gasteiger partial charge in [-0.15, -0.1) is 5.10 Å². The summed E-state index contributed by atoms with van der Waals surface area (Å²) >= 11 is 0. The van der Waals surface area contributed by atoms with Crippen molar-refractivity contribution in [1.29, 1.82) is 0 Å². The highest BCUT2D eigenvalue weighted by Crippen LogP contribution is 2.24. The summed E-state index contributed by atoms with van der Waals surface area (Å²) in [4.78, 5) is 19.2. The van der Waals surface area contributed by atoms with Gasteiger partial charge in [0.05, 0.1) is 25.1 Å². The number of fused-ring (bicyclic) bond motifs is 1. The molecule has 3 aromatic heterocycles. The van der Waals surface area contributed by atoms with Gasteiger partial charge >= 0.3 is 0 Å². The smallest absolute Gasteiger partial charge is 0.219 e. The van der Waals surface area contributed by atoms with Gasteiger partial charge < -0.3 is 20.5 Å². The van der Waals surface area contributed by atoms with Crippen LogP contribution in [0.1, 0.15) is 5.82 Å². The molecule has 10 heteroatoms. The van der Waals surface area contributed by atoms with Crippen LogP contribution in [0, 0.1) is 0 Å². The molecule has 0 aliphatic carbocycles. The van der Waals surface area contributed by atoms with Gasteiger partial charge in [-0.25, -0.2) is 24.5 Å². The standard InChI is InChI=1S/C14H16N8O2/c15-14-16-5-9(6-17-14)10-7-22-13(19-11(8-23)20-22)12(18-10)21-1-3-24-4-2-21/h5-7,23H,1-4,8H2,(H2,15,16,17). The number of ether oxygens (including phenoxy) is 1. The van der Waals surface area contributed by atoms with Gasteiger partial charge in [0, 0.05) is 31.0 Å². The normalized spacial score (nSPS) is 15.1. The summed E-state index contributed by atoms with van der Waals surface area (Å²) in [5, 5.41) is 13.6. The maximum Gasteiger partial charge on any atom is 0.219 e. The molecule has 1 aliphatic rings. The highest BCUT2D eigenvalue weighted by molar-refractivity contribution is 5.69. The lowest BCUT2D eigenvalue weighted by atomic mass is 10.2. The SMILES string of the molecule is Nc1ncc(-c2cn3nc(CO)nc3c(N3CCOCC3)n2)cn1. The molecule has 124 valence electrons. The number of aliphatic hydroxyl groups is 1. The highest BCUT2D eigenvalue weighted by Gasteiger charge is 2.20. The van der Waals surface area contributed by atoms with Crippen molar-refractivity contribution in [2.24, 2.45) is 0 Å². The number of hydrogen-bond donors (Lipinski definition) is 2. The molecule has 0 aromatic carbocycles. The van der Waals surface area contributed by atoms with Crippen LogP contribution in [0.4, 0.5) is 11.8 Å². The molecule has 1 saturated heterocycles. The second kappa shape index (κ2) is 5.98. The highest BCUT2D eigenvalue weighted by atomic mass is 16.5. The molecule has 4 rings (SSSR count). The number of rotatable bonds is 3. The average Bonchev–Trinajstić information content (AvgIpc) is 3.05. The first-order chi connectivity index (χ1) is 11.7. The van der Waals surface area contributed by atoms with E-state index in [4.69, 9.17) is 15.5 Å². The first-order valence-corrected chi connectivity index (χ1v) is 7.52. The van der Waals surface area contributed by atoms with Crippen molar-refractivity contribution in [3.05, 3.63) is 24.4 Å². The number of hydrogen-bond acceptors (Lipinski definition) is 9. The fourth-order valence-corrected chi connectivity index (χ4v) is 2.58. The summed E-state index contributed by atoms with van der Waals surface area (Å²) < 4.78 is 7.02. The Kier molecular flexibility index (Phi) is 3.67. The minimum absolute atomic E-state index is 0.205. The number of morpholine rings is 1. The van der Waals surface area contributed by atoms with Gasteiger partial charge in [-0.3, -0.25) is 0 Å². The number of nitrogens with zero attached hydrogens (tertiary/aromatic N) is 7. The maximum absolute atomic E-state index is 9.33. The molecule has 4 heterocycles. The molecule has 0 amide bonds. The van der Waals surface area contributed by atoms with Crippen LogP contribution in [0.25, 0.3) is 16.9 Å². The second-order valence-corrected chi connectivity index (χ2v) is 5.33. The molecule has 0 saturated carbocycles. The number of aromatic nitrogens is 6. The van der Waals surface area contributed by atoms with Gasteiger partial charge in [0.15, 0.2) is 17.3 Å². The molecular weight excluding hydrogens is 312 g/mol. The largest absolute Gasteiger partial charge is 0.388 e. The number of aliphatic hydroxyl groups excluding tert-OH is 1. The monoisotopic (exact) mass is 328 g/mol. The van der Waals surface area contributed by atoms with E-state index in [0.29, 0.717) is 49.3 Å². The van der Waals surface area contributed by atoms with E-state index in [0.717, 1.165) is 5.56 Å². The van der Waals surface area contributed by atoms with E-state index in [9.17, 15) is 5.11 Å². The molecule has 3 N–H and O–H groups in total. The quantitative estimate of drug-likeness (QED) is 0.653. The Bertz CT molecular complexity index is 857. The summed E-state index contributed by atoms with van der Waals surface area (Å²) in [6, 6.07) is 0. The molecule has 0 radical (unpaired) electrons. The molecule has 0 spiro atoms. The van der Waals surface area contributed by atoms with E-state index in [1.165, 1.54) is 0 Å². The Morgan fingerprint density at radius 1 is 1.17 bits per heavy atom. The Morgan fingerprint density at radius 2 is 1.92 bits per heavy atom. The van der Waals surface area contributed by atoms with E-state index < -0.39 is 0 Å². The fourth-order valence-electron chi connectivity index (χ4n) is 2.58. The van der Waals surface area contributed by atoms with Crippen molar-refractivity contribution in [1.82, 2.24) is 29.5 Å². The lowest BCUT2D eigenvalue weighted by molar-refractivity contribution is 0.122. The molecule has 24 heavy (non-hydrogen) atoms. The molecule has 1 aliphatic heterocycles. The Hall–Kier alpha value is -2.85. The molecule has 3 aromatic rings. The summed E-state index contributed by atoms with van der Waals surface area (Å²) in [6.45, 7) is 2.45. The van der Waals surface area contributed by atoms with Gasteiger partial charge in [0.2, 0.25) is 5.95 Å². The van der Waals surface area contributed by atoms with E-state index in [2.05, 4.69) is 25.0 Å². The van der Waals surface area contributed by atoms with Gasteiger partial charge in [-0.2, -0.15) is 0 Å². The van der Waals surface area contributed by atoms with Crippen molar-refractivity contribution in [3.8, 4) is 11.3 Å². The second-order valence-electron chi connectivity index (χ2n) is 5.33. The zero-order chi connectivity index (χ0) is 16.5. The third kappa shape index (κ3) is 2.61. The van der Waals surface area contributed by atoms with Crippen LogP contribution in [-0.4, -0.2) is 61.0 Å². The number of nitrogen functional groups attached to an aromatic ring is 1. The summed E-state index contributed by atoms with van der Waals surface area (Å²) in [5.41, 5.74) is 7.52. The van der Waals surface area contributed by atoms with E-state index in [1.54, 1.807) is 23.1 Å². The van der Waals surface area contributed by atoms with Crippen molar-refractivity contribution >= 4 is 17.4 Å². The van der Waals surface area contributed by atoms with Crippen LogP contribution < -0.4 is 10.6 Å². The topological polar surface area (TPSA) is 128 Å². The predicted octanol–water partition coefficient (Wildman–Crippen LogP) is -0.508. The first-order valence-electron chi connectivity index (χ1n) is 7.52. The van der Waals surface area contributed by atoms with Gasteiger partial charge in [0.25, 0.3) is 0 Å². The molecule has 0 atom stereocenters. The van der Waals surface area contributed by atoms with Crippen LogP contribution in [-0.2, 0) is 11.3 Å². The van der Waals surface area contributed by atoms with Crippen LogP contribution >= 0.6 is 0 Å². The van der Waals surface area contributed by atoms with Crippen LogP contribution in [0.5, 0.6) is 0 Å². The van der Waals surface area contributed by atoms with Gasteiger partial charge in [-0.1, -0.05) is 0 Å². The van der Waals surface area contributed by atoms with Crippen molar-refractivity contribution in [3.63, 3.8) is 0 Å². The average molecular weight is 328 g/mol. The maximum atomic E-state index is 9.33. The van der Waals surface area contributed by atoms with Crippen molar-refractivity contribution < 1.29 is 9.84 Å². The fraction of sp³-hybridized carbons (Fsp3) is 0.357. The lowest BCUT2D eigenvalue weighted by Crippen LogP contribution is -2.37. The van der Waals surface area contributed by atoms with E-state index in [-0.39, 0.29) is 12.6 Å². The molecule has 0 unspecified atom stereocenters. The Labute approximate surface area is 136 Å². The zero-order valence-corrected chi connectivity index (χ0v) is 12.8. The summed E-state index contributed by atoms with van der Waals surface area (Å²) in [7, 11) is 0. The minimum atomic E-state index is -0.232. The number of nitrogens with two attached hydrogens (primary N) is 1. The minimum Gasteiger partial charge on any atom is -0.388 e. The lowest BCUT2D eigenvalue weighted by Gasteiger charge is -2.28. The third-order valence-electron chi connectivity index (χ3n) is 3.77. The summed E-state index contributed by atoms with van der Waals surface area (Å²) in [6.07, 6.45) is 4.97. The van der Waals surface area contributed by atoms with E-state index in [1.807, 2.05) is 0 Å². The Morgan fingerprint density at radius 3 is 2.62 bits per heavy atom. The molecule has 0 bridgehead atoms. The number of anilines is 2.